The van der Waals surface area contributed by atoms with Crippen LogP contribution in [0.2, 0.25) is 5.02 Å². The van der Waals surface area contributed by atoms with Crippen molar-refractivity contribution in [2.75, 3.05) is 17.9 Å². The maximum atomic E-state index is 13.2. The van der Waals surface area contributed by atoms with Crippen LogP contribution in [0, 0.1) is 0 Å². The minimum atomic E-state index is -0.455. The van der Waals surface area contributed by atoms with Crippen molar-refractivity contribution in [3.8, 4) is 5.75 Å². The van der Waals surface area contributed by atoms with Gasteiger partial charge in [0.2, 0.25) is 11.1 Å². The minimum Gasteiger partial charge on any atom is -0.497 e. The number of rotatable bonds is 6. The van der Waals surface area contributed by atoms with E-state index < -0.39 is 5.25 Å². The molecular formula is C21H22ClN5O2S. The fourth-order valence-corrected chi connectivity index (χ4v) is 4.61. The van der Waals surface area contributed by atoms with Crippen LogP contribution in [0.3, 0.4) is 0 Å². The molecule has 9 heteroatoms. The van der Waals surface area contributed by atoms with E-state index in [2.05, 4.69) is 27.9 Å². The zero-order chi connectivity index (χ0) is 21.1. The van der Waals surface area contributed by atoms with Crippen molar-refractivity contribution in [2.45, 2.75) is 36.2 Å². The van der Waals surface area contributed by atoms with Gasteiger partial charge in [-0.05, 0) is 42.3 Å². The summed E-state index contributed by atoms with van der Waals surface area (Å²) in [6.07, 6.45) is 1.76. The summed E-state index contributed by atoms with van der Waals surface area (Å²) in [5.41, 5.74) is 5.08. The molecule has 30 heavy (non-hydrogen) atoms. The predicted octanol–water partition coefficient (Wildman–Crippen LogP) is 4.29. The number of aryl methyl sites for hydroxylation is 1. The molecule has 3 aromatic rings. The number of ether oxygens (including phenoxy) is 1. The molecule has 4 rings (SSSR count). The lowest BCUT2D eigenvalue weighted by molar-refractivity contribution is -0.116. The van der Waals surface area contributed by atoms with Gasteiger partial charge in [0, 0.05) is 17.1 Å². The van der Waals surface area contributed by atoms with Crippen molar-refractivity contribution in [1.82, 2.24) is 14.9 Å². The highest BCUT2D eigenvalue weighted by atomic mass is 35.5. The van der Waals surface area contributed by atoms with Gasteiger partial charge in [-0.2, -0.15) is 0 Å². The largest absolute Gasteiger partial charge is 0.497 e. The van der Waals surface area contributed by atoms with Crippen molar-refractivity contribution in [2.24, 2.45) is 0 Å². The highest BCUT2D eigenvalue weighted by molar-refractivity contribution is 8.00. The molecule has 0 radical (unpaired) electrons. The number of benzene rings is 2. The first kappa shape index (κ1) is 20.6. The van der Waals surface area contributed by atoms with E-state index in [0.29, 0.717) is 15.9 Å². The second kappa shape index (κ2) is 8.97. The second-order valence-electron chi connectivity index (χ2n) is 6.90. The van der Waals surface area contributed by atoms with E-state index in [9.17, 15) is 4.79 Å². The summed E-state index contributed by atoms with van der Waals surface area (Å²) in [5.74, 6) is 1.48. The van der Waals surface area contributed by atoms with Crippen LogP contribution in [0.25, 0.3) is 0 Å². The minimum absolute atomic E-state index is 0.137. The third-order valence-electron chi connectivity index (χ3n) is 4.80. The van der Waals surface area contributed by atoms with Crippen LogP contribution in [0.5, 0.6) is 5.75 Å². The Morgan fingerprint density at radius 3 is 2.77 bits per heavy atom. The zero-order valence-electron chi connectivity index (χ0n) is 16.6. The van der Waals surface area contributed by atoms with Gasteiger partial charge in [0.1, 0.15) is 11.0 Å². The number of carbonyl (C=O) groups is 1. The molecule has 0 saturated carbocycles. The van der Waals surface area contributed by atoms with Crippen molar-refractivity contribution in [1.29, 1.82) is 0 Å². The first-order valence-corrected chi connectivity index (χ1v) is 10.9. The molecule has 7 nitrogen and oxygen atoms in total. The molecule has 2 N–H and O–H groups in total. The van der Waals surface area contributed by atoms with Gasteiger partial charge in [0.05, 0.1) is 13.2 Å². The number of halogens is 1. The Kier molecular flexibility index (Phi) is 6.15. The Labute approximate surface area is 184 Å². The number of hydrogen-bond donors (Lipinski definition) is 2. The van der Waals surface area contributed by atoms with Gasteiger partial charge in [-0.25, -0.2) is 4.68 Å². The molecule has 1 amide bonds. The van der Waals surface area contributed by atoms with E-state index in [-0.39, 0.29) is 11.9 Å². The van der Waals surface area contributed by atoms with Crippen molar-refractivity contribution >= 4 is 35.0 Å². The van der Waals surface area contributed by atoms with Crippen LogP contribution in [-0.2, 0) is 11.2 Å². The molecule has 0 spiro atoms. The van der Waals surface area contributed by atoms with E-state index in [1.54, 1.807) is 25.3 Å². The van der Waals surface area contributed by atoms with Crippen molar-refractivity contribution in [3.63, 3.8) is 0 Å². The lowest BCUT2D eigenvalue weighted by Gasteiger charge is -2.33. The predicted molar refractivity (Wildman–Crippen MR) is 119 cm³/mol. The number of amides is 1. The van der Waals surface area contributed by atoms with E-state index in [0.717, 1.165) is 30.0 Å². The summed E-state index contributed by atoms with van der Waals surface area (Å²) in [6, 6.07) is 14.5. The molecular weight excluding hydrogens is 422 g/mol. The molecule has 0 fully saturated rings. The van der Waals surface area contributed by atoms with Crippen molar-refractivity contribution < 1.29 is 9.53 Å². The first-order chi connectivity index (χ1) is 14.6. The molecule has 1 aromatic heterocycles. The summed E-state index contributed by atoms with van der Waals surface area (Å²) in [5, 5.41) is 12.3. The summed E-state index contributed by atoms with van der Waals surface area (Å²) in [4.78, 5) is 13.2. The summed E-state index contributed by atoms with van der Waals surface area (Å²) in [7, 11) is 1.63. The summed E-state index contributed by atoms with van der Waals surface area (Å²) >= 11 is 7.46. The second-order valence-corrected chi connectivity index (χ2v) is 8.45. The number of nitrogens with zero attached hydrogens (tertiary/aromatic N) is 3. The molecule has 2 heterocycles. The van der Waals surface area contributed by atoms with Gasteiger partial charge < -0.3 is 15.5 Å². The number of aromatic nitrogens is 3. The van der Waals surface area contributed by atoms with Gasteiger partial charge in [-0.15, -0.1) is 10.2 Å². The number of nitrogens with one attached hydrogen (secondary N) is 2. The molecule has 1 aliphatic rings. The number of methoxy groups -OCH3 is 1. The van der Waals surface area contributed by atoms with Gasteiger partial charge >= 0.3 is 0 Å². The van der Waals surface area contributed by atoms with Crippen LogP contribution >= 0.6 is 23.4 Å². The monoisotopic (exact) mass is 443 g/mol. The lowest BCUT2D eigenvalue weighted by atomic mass is 10.0. The topological polar surface area (TPSA) is 81.1 Å². The lowest BCUT2D eigenvalue weighted by Crippen LogP contribution is -2.41. The quantitative estimate of drug-likeness (QED) is 0.591. The maximum Gasteiger partial charge on any atom is 0.240 e. The van der Waals surface area contributed by atoms with Crippen molar-refractivity contribution in [3.05, 3.63) is 64.9 Å². The number of thioether (sulfide) groups is 1. The third-order valence-corrected chi connectivity index (χ3v) is 6.25. The average molecular weight is 444 g/mol. The average Bonchev–Trinajstić information content (AvgIpc) is 3.15. The molecule has 2 aromatic carbocycles. The van der Waals surface area contributed by atoms with E-state index in [1.807, 2.05) is 35.0 Å². The fourth-order valence-electron chi connectivity index (χ4n) is 3.33. The van der Waals surface area contributed by atoms with Gasteiger partial charge in [0.15, 0.2) is 5.82 Å². The summed E-state index contributed by atoms with van der Waals surface area (Å²) in [6.45, 7) is 2.10. The normalized spacial score (nSPS) is 17.7. The van der Waals surface area contributed by atoms with E-state index in [4.69, 9.17) is 16.3 Å². The SMILES string of the molecule is CCCc1nnc2n1NC(c1ccc(OC)cc1)C(C(=O)Nc1cccc(Cl)c1)S2. The van der Waals surface area contributed by atoms with Gasteiger partial charge in [0.25, 0.3) is 0 Å². The Morgan fingerprint density at radius 2 is 2.07 bits per heavy atom. The molecule has 2 unspecified atom stereocenters. The van der Waals surface area contributed by atoms with Gasteiger partial charge in [-0.3, -0.25) is 4.79 Å². The highest BCUT2D eigenvalue weighted by Gasteiger charge is 2.37. The van der Waals surface area contributed by atoms with Crippen LogP contribution in [-0.4, -0.2) is 33.1 Å². The van der Waals surface area contributed by atoms with E-state index in [1.165, 1.54) is 11.8 Å². The number of carbonyl (C=O) groups excluding carboxylic acids is 1. The maximum absolute atomic E-state index is 13.2. The Balaban J connectivity index is 1.66. The molecule has 0 aliphatic carbocycles. The van der Waals surface area contributed by atoms with E-state index >= 15 is 0 Å². The standard InChI is InChI=1S/C21H22ClN5O2S/c1-3-5-17-24-25-21-27(17)26-18(13-8-10-16(29-2)11-9-13)19(30-21)20(28)23-15-7-4-6-14(22)12-15/h4,6-12,18-19,26H,3,5H2,1-2H3,(H,23,28). The molecule has 0 bridgehead atoms. The van der Waals surface area contributed by atoms with Crippen LogP contribution < -0.4 is 15.5 Å². The Morgan fingerprint density at radius 1 is 1.27 bits per heavy atom. The molecule has 2 atom stereocenters. The first-order valence-electron chi connectivity index (χ1n) is 9.67. The number of hydrogen-bond acceptors (Lipinski definition) is 6. The molecule has 1 aliphatic heterocycles. The zero-order valence-corrected chi connectivity index (χ0v) is 18.2. The van der Waals surface area contributed by atoms with Crippen LogP contribution in [0.4, 0.5) is 5.69 Å². The Bertz CT molecular complexity index is 1040. The third kappa shape index (κ3) is 4.24. The van der Waals surface area contributed by atoms with Crippen LogP contribution in [0.1, 0.15) is 30.8 Å². The number of anilines is 1. The summed E-state index contributed by atoms with van der Waals surface area (Å²) < 4.78 is 7.17. The Hall–Kier alpha value is -2.71. The van der Waals surface area contributed by atoms with Gasteiger partial charge in [-0.1, -0.05) is 48.5 Å². The van der Waals surface area contributed by atoms with Crippen LogP contribution in [0.15, 0.2) is 53.7 Å². The highest BCUT2D eigenvalue weighted by Crippen LogP contribution is 2.38. The fraction of sp³-hybridized carbons (Fsp3) is 0.286. The number of fused-ring (bicyclic) bond motifs is 1. The smallest absolute Gasteiger partial charge is 0.240 e. The molecule has 156 valence electrons. The molecule has 0 saturated heterocycles.